The fourth-order valence-electron chi connectivity index (χ4n) is 2.34. The van der Waals surface area contributed by atoms with Crippen LogP contribution in [0.15, 0.2) is 54.9 Å². The molecule has 2 aromatic heterocycles. The van der Waals surface area contributed by atoms with Crippen LogP contribution in [0.3, 0.4) is 0 Å². The molecule has 3 heteroatoms. The van der Waals surface area contributed by atoms with Gasteiger partial charge in [0.25, 0.3) is 0 Å². The Hall–Kier alpha value is -1.80. The number of aromatic nitrogens is 2. The molecule has 3 aromatic rings. The zero-order valence-electron chi connectivity index (χ0n) is 10.9. The molecular weight excluding hydrogens is 256 g/mol. The molecule has 2 nitrogen and oxygen atoms in total. The van der Waals surface area contributed by atoms with E-state index in [0.717, 1.165) is 18.7 Å². The largest absolute Gasteiger partial charge is 0.304 e. The summed E-state index contributed by atoms with van der Waals surface area (Å²) in [6.45, 7) is 2.04. The monoisotopic (exact) mass is 272 g/mol. The van der Waals surface area contributed by atoms with Gasteiger partial charge >= 0.3 is 0 Å². The van der Waals surface area contributed by atoms with Crippen molar-refractivity contribution in [2.75, 3.05) is 0 Å². The van der Waals surface area contributed by atoms with Gasteiger partial charge in [-0.2, -0.15) is 0 Å². The molecule has 0 bridgehead atoms. The smallest absolute Gasteiger partial charge is 0.110 e. The number of benzene rings is 1. The third-order valence-corrected chi connectivity index (χ3v) is 3.37. The quantitative estimate of drug-likeness (QED) is 0.708. The Kier molecular flexibility index (Phi) is 4.23. The van der Waals surface area contributed by atoms with Gasteiger partial charge in [0.15, 0.2) is 0 Å². The molecule has 0 amide bonds. The number of nitrogens with zero attached hydrogens (tertiary/aromatic N) is 2. The van der Waals surface area contributed by atoms with E-state index in [1.807, 2.05) is 13.1 Å². The van der Waals surface area contributed by atoms with Gasteiger partial charge < -0.3 is 4.40 Å². The molecule has 0 saturated carbocycles. The predicted octanol–water partition coefficient (Wildman–Crippen LogP) is 3.85. The summed E-state index contributed by atoms with van der Waals surface area (Å²) in [6.07, 6.45) is 6.17. The molecule has 3 rings (SSSR count). The topological polar surface area (TPSA) is 17.3 Å². The fraction of sp³-hybridized carbons (Fsp3) is 0.188. The summed E-state index contributed by atoms with van der Waals surface area (Å²) in [5, 5.41) is 0. The second-order valence-electron chi connectivity index (χ2n) is 4.58. The standard InChI is InChI=1S/C16H16N2.ClH/c1-13-17-12-16-15(8-5-11-18(13)16)10-9-14-6-3-2-4-7-14;/h2-8,11-12H,9-10H2,1H3;1H. The molecule has 0 fully saturated rings. The van der Waals surface area contributed by atoms with E-state index in [0.29, 0.717) is 0 Å². The Morgan fingerprint density at radius 1 is 1.00 bits per heavy atom. The second kappa shape index (κ2) is 5.89. The molecule has 0 atom stereocenters. The van der Waals surface area contributed by atoms with Crippen molar-refractivity contribution in [3.05, 3.63) is 71.8 Å². The molecule has 0 radical (unpaired) electrons. The molecule has 0 aliphatic heterocycles. The van der Waals surface area contributed by atoms with Gasteiger partial charge in [-0.3, -0.25) is 0 Å². The molecular formula is C16H17ClN2. The minimum absolute atomic E-state index is 0. The maximum absolute atomic E-state index is 4.37. The van der Waals surface area contributed by atoms with E-state index in [2.05, 4.69) is 58.0 Å². The lowest BCUT2D eigenvalue weighted by Crippen LogP contribution is -1.95. The van der Waals surface area contributed by atoms with E-state index in [1.54, 1.807) is 0 Å². The number of hydrogen-bond acceptors (Lipinski definition) is 1. The molecule has 19 heavy (non-hydrogen) atoms. The summed E-state index contributed by atoms with van der Waals surface area (Å²) in [6, 6.07) is 14.9. The summed E-state index contributed by atoms with van der Waals surface area (Å²) in [4.78, 5) is 4.37. The van der Waals surface area contributed by atoms with E-state index in [-0.39, 0.29) is 12.4 Å². The van der Waals surface area contributed by atoms with Crippen LogP contribution in [0.25, 0.3) is 5.52 Å². The Balaban J connectivity index is 0.00000133. The van der Waals surface area contributed by atoms with Gasteiger partial charge in [-0.1, -0.05) is 36.4 Å². The van der Waals surface area contributed by atoms with Crippen LogP contribution in [0.5, 0.6) is 0 Å². The van der Waals surface area contributed by atoms with Gasteiger partial charge in [-0.05, 0) is 37.0 Å². The van der Waals surface area contributed by atoms with Crippen molar-refractivity contribution < 1.29 is 0 Å². The number of imidazole rings is 1. The Morgan fingerprint density at radius 3 is 2.58 bits per heavy atom. The molecule has 0 saturated heterocycles. The third-order valence-electron chi connectivity index (χ3n) is 3.37. The van der Waals surface area contributed by atoms with Crippen LogP contribution in [-0.4, -0.2) is 9.38 Å². The average molecular weight is 273 g/mol. The second-order valence-corrected chi connectivity index (χ2v) is 4.58. The van der Waals surface area contributed by atoms with E-state index in [9.17, 15) is 0 Å². The van der Waals surface area contributed by atoms with Crippen molar-refractivity contribution >= 4 is 17.9 Å². The van der Waals surface area contributed by atoms with Gasteiger partial charge in [0.1, 0.15) is 5.82 Å². The van der Waals surface area contributed by atoms with Crippen LogP contribution in [-0.2, 0) is 12.8 Å². The minimum Gasteiger partial charge on any atom is -0.304 e. The highest BCUT2D eigenvalue weighted by Crippen LogP contribution is 2.15. The minimum atomic E-state index is 0. The summed E-state index contributed by atoms with van der Waals surface area (Å²) in [5.41, 5.74) is 3.98. The van der Waals surface area contributed by atoms with E-state index in [1.165, 1.54) is 16.6 Å². The van der Waals surface area contributed by atoms with Crippen molar-refractivity contribution in [1.82, 2.24) is 9.38 Å². The number of halogens is 1. The first-order valence-electron chi connectivity index (χ1n) is 6.30. The number of hydrogen-bond donors (Lipinski definition) is 0. The maximum Gasteiger partial charge on any atom is 0.110 e. The molecule has 0 unspecified atom stereocenters. The third kappa shape index (κ3) is 2.79. The first-order valence-corrected chi connectivity index (χ1v) is 6.30. The van der Waals surface area contributed by atoms with Crippen molar-refractivity contribution in [2.45, 2.75) is 19.8 Å². The molecule has 0 aliphatic rings. The molecule has 1 aromatic carbocycles. The lowest BCUT2D eigenvalue weighted by molar-refractivity contribution is 0.950. The van der Waals surface area contributed by atoms with Gasteiger partial charge in [-0.25, -0.2) is 4.98 Å². The predicted molar refractivity (Wildman–Crippen MR) is 81.0 cm³/mol. The summed E-state index contributed by atoms with van der Waals surface area (Å²) in [7, 11) is 0. The molecule has 98 valence electrons. The van der Waals surface area contributed by atoms with Crippen molar-refractivity contribution in [2.24, 2.45) is 0 Å². The molecule has 2 heterocycles. The van der Waals surface area contributed by atoms with Crippen LogP contribution in [0, 0.1) is 6.92 Å². The van der Waals surface area contributed by atoms with Crippen molar-refractivity contribution in [1.29, 1.82) is 0 Å². The SMILES string of the molecule is Cc1ncc2c(CCc3ccccc3)cccn12.Cl. The summed E-state index contributed by atoms with van der Waals surface area (Å²) >= 11 is 0. The van der Waals surface area contributed by atoms with Crippen LogP contribution in [0.1, 0.15) is 17.0 Å². The number of aryl methyl sites for hydroxylation is 3. The van der Waals surface area contributed by atoms with Crippen LogP contribution < -0.4 is 0 Å². The van der Waals surface area contributed by atoms with Gasteiger partial charge in [0, 0.05) is 6.20 Å². The lowest BCUT2D eigenvalue weighted by Gasteiger charge is -2.05. The molecule has 0 N–H and O–H groups in total. The Labute approximate surface area is 119 Å². The molecule has 0 spiro atoms. The molecule has 0 aliphatic carbocycles. The Bertz CT molecular complexity index is 659. The van der Waals surface area contributed by atoms with Crippen LogP contribution in [0.2, 0.25) is 0 Å². The highest BCUT2D eigenvalue weighted by molar-refractivity contribution is 5.85. The zero-order chi connectivity index (χ0) is 12.4. The summed E-state index contributed by atoms with van der Waals surface area (Å²) in [5.74, 6) is 1.05. The van der Waals surface area contributed by atoms with Gasteiger partial charge in [0.2, 0.25) is 0 Å². The fourth-order valence-corrected chi connectivity index (χ4v) is 2.34. The normalized spacial score (nSPS) is 10.4. The average Bonchev–Trinajstić information content (AvgIpc) is 2.80. The highest BCUT2D eigenvalue weighted by Gasteiger charge is 2.04. The van der Waals surface area contributed by atoms with Crippen molar-refractivity contribution in [3.8, 4) is 0 Å². The van der Waals surface area contributed by atoms with E-state index >= 15 is 0 Å². The number of pyridine rings is 1. The van der Waals surface area contributed by atoms with Gasteiger partial charge in [-0.15, -0.1) is 12.4 Å². The van der Waals surface area contributed by atoms with Gasteiger partial charge in [0.05, 0.1) is 11.7 Å². The highest BCUT2D eigenvalue weighted by atomic mass is 35.5. The first kappa shape index (κ1) is 13.6. The lowest BCUT2D eigenvalue weighted by atomic mass is 10.0. The maximum atomic E-state index is 4.37. The van der Waals surface area contributed by atoms with Crippen LogP contribution in [0.4, 0.5) is 0 Å². The first-order chi connectivity index (χ1) is 8.84. The zero-order valence-corrected chi connectivity index (χ0v) is 11.7. The number of fused-ring (bicyclic) bond motifs is 1. The Morgan fingerprint density at radius 2 is 1.79 bits per heavy atom. The van der Waals surface area contributed by atoms with Crippen molar-refractivity contribution in [3.63, 3.8) is 0 Å². The van der Waals surface area contributed by atoms with E-state index in [4.69, 9.17) is 0 Å². The number of rotatable bonds is 3. The van der Waals surface area contributed by atoms with Crippen LogP contribution >= 0.6 is 12.4 Å². The summed E-state index contributed by atoms with van der Waals surface area (Å²) < 4.78 is 2.15. The van der Waals surface area contributed by atoms with E-state index < -0.39 is 0 Å².